The van der Waals surface area contributed by atoms with Crippen LogP contribution in [0.4, 0.5) is 0 Å². The van der Waals surface area contributed by atoms with Crippen LogP contribution in [0.15, 0.2) is 4.99 Å². The van der Waals surface area contributed by atoms with Gasteiger partial charge in [0, 0.05) is 25.7 Å². The lowest BCUT2D eigenvalue weighted by Crippen LogP contribution is -2.42. The molecule has 0 aromatic heterocycles. The van der Waals surface area contributed by atoms with Crippen molar-refractivity contribution in [3.63, 3.8) is 0 Å². The quantitative estimate of drug-likeness (QED) is 0.207. The Labute approximate surface area is 153 Å². The molecule has 0 radical (unpaired) electrons. The smallest absolute Gasteiger partial charge is 0.208 e. The zero-order valence-corrected chi connectivity index (χ0v) is 17.6. The average molecular weight is 448 g/mol. The topological polar surface area (TPSA) is 82.6 Å². The normalized spacial score (nSPS) is 13.6. The fraction of sp³-hybridized carbons (Fsp3) is 0.929. The lowest BCUT2D eigenvalue weighted by molar-refractivity contribution is 0.489. The van der Waals surface area contributed by atoms with Crippen molar-refractivity contribution in [3.05, 3.63) is 0 Å². The number of sulfonamides is 1. The standard InChI is InChI=1S/C14H32N4O2S.HI/c1-6-15-14(18-13(4)9-8-12(2)3)16-10-7-11-17-21(5,19)20;/h12-13,17H,6-11H2,1-5H3,(H2,15,16,18);1H. The van der Waals surface area contributed by atoms with Crippen LogP contribution in [0.1, 0.15) is 47.0 Å². The molecular weight excluding hydrogens is 415 g/mol. The zero-order chi connectivity index (χ0) is 16.3. The summed E-state index contributed by atoms with van der Waals surface area (Å²) in [4.78, 5) is 4.46. The van der Waals surface area contributed by atoms with Crippen molar-refractivity contribution in [1.29, 1.82) is 0 Å². The van der Waals surface area contributed by atoms with Crippen LogP contribution in [0, 0.1) is 5.92 Å². The molecular formula is C14H33IN4O2S. The number of rotatable bonds is 10. The van der Waals surface area contributed by atoms with Crippen molar-refractivity contribution in [1.82, 2.24) is 15.4 Å². The maximum atomic E-state index is 10.9. The van der Waals surface area contributed by atoms with E-state index in [0.717, 1.165) is 25.2 Å². The molecule has 0 aromatic rings. The number of nitrogens with zero attached hydrogens (tertiary/aromatic N) is 1. The van der Waals surface area contributed by atoms with Gasteiger partial charge in [0.25, 0.3) is 0 Å². The van der Waals surface area contributed by atoms with Gasteiger partial charge in [0.05, 0.1) is 6.26 Å². The van der Waals surface area contributed by atoms with Crippen LogP contribution in [-0.2, 0) is 10.0 Å². The third-order valence-corrected chi connectivity index (χ3v) is 3.60. The van der Waals surface area contributed by atoms with E-state index in [1.165, 1.54) is 6.42 Å². The highest BCUT2D eigenvalue weighted by Crippen LogP contribution is 2.06. The lowest BCUT2D eigenvalue weighted by Gasteiger charge is -2.18. The van der Waals surface area contributed by atoms with Gasteiger partial charge in [0.15, 0.2) is 5.96 Å². The minimum absolute atomic E-state index is 0. The molecule has 3 N–H and O–H groups in total. The molecule has 1 atom stereocenters. The third kappa shape index (κ3) is 16.3. The second-order valence-electron chi connectivity index (χ2n) is 5.80. The molecule has 0 aliphatic heterocycles. The van der Waals surface area contributed by atoms with Gasteiger partial charge in [-0.1, -0.05) is 13.8 Å². The molecule has 8 heteroatoms. The molecule has 0 rings (SSSR count). The molecule has 0 bridgehead atoms. The summed E-state index contributed by atoms with van der Waals surface area (Å²) in [6, 6.07) is 0.374. The molecule has 1 unspecified atom stereocenters. The Morgan fingerprint density at radius 2 is 1.82 bits per heavy atom. The summed E-state index contributed by atoms with van der Waals surface area (Å²) in [6.07, 6.45) is 4.14. The molecule has 134 valence electrons. The van der Waals surface area contributed by atoms with Gasteiger partial charge in [-0.25, -0.2) is 13.1 Å². The highest BCUT2D eigenvalue weighted by Gasteiger charge is 2.06. The first kappa shape index (κ1) is 24.2. The molecule has 0 spiro atoms. The summed E-state index contributed by atoms with van der Waals surface area (Å²) >= 11 is 0. The third-order valence-electron chi connectivity index (χ3n) is 2.87. The van der Waals surface area contributed by atoms with Crippen LogP contribution < -0.4 is 15.4 Å². The molecule has 6 nitrogen and oxygen atoms in total. The Hall–Kier alpha value is -0.0900. The molecule has 22 heavy (non-hydrogen) atoms. The minimum Gasteiger partial charge on any atom is -0.357 e. The molecule has 0 amide bonds. The highest BCUT2D eigenvalue weighted by atomic mass is 127. The van der Waals surface area contributed by atoms with Gasteiger partial charge in [0.2, 0.25) is 10.0 Å². The molecule has 0 aliphatic carbocycles. The van der Waals surface area contributed by atoms with E-state index in [0.29, 0.717) is 31.5 Å². The predicted molar refractivity (Wildman–Crippen MR) is 106 cm³/mol. The number of nitrogens with one attached hydrogen (secondary N) is 3. The largest absolute Gasteiger partial charge is 0.357 e. The maximum Gasteiger partial charge on any atom is 0.208 e. The average Bonchev–Trinajstić information content (AvgIpc) is 2.34. The second kappa shape index (κ2) is 13.4. The fourth-order valence-corrected chi connectivity index (χ4v) is 2.25. The van der Waals surface area contributed by atoms with Crippen molar-refractivity contribution in [2.45, 2.75) is 53.0 Å². The lowest BCUT2D eigenvalue weighted by atomic mass is 10.0. The van der Waals surface area contributed by atoms with Crippen molar-refractivity contribution in [2.75, 3.05) is 25.9 Å². The van der Waals surface area contributed by atoms with Gasteiger partial charge < -0.3 is 10.6 Å². The van der Waals surface area contributed by atoms with Gasteiger partial charge in [-0.3, -0.25) is 4.99 Å². The van der Waals surface area contributed by atoms with Crippen LogP contribution in [0.5, 0.6) is 0 Å². The number of hydrogen-bond acceptors (Lipinski definition) is 3. The Morgan fingerprint density at radius 1 is 1.18 bits per heavy atom. The fourth-order valence-electron chi connectivity index (χ4n) is 1.74. The van der Waals surface area contributed by atoms with Gasteiger partial charge in [-0.2, -0.15) is 0 Å². The molecule has 0 aromatic carbocycles. The monoisotopic (exact) mass is 448 g/mol. The van der Waals surface area contributed by atoms with E-state index in [9.17, 15) is 8.42 Å². The van der Waals surface area contributed by atoms with Crippen molar-refractivity contribution < 1.29 is 8.42 Å². The maximum absolute atomic E-state index is 10.9. The van der Waals surface area contributed by atoms with Crippen LogP contribution in [0.2, 0.25) is 0 Å². The van der Waals surface area contributed by atoms with E-state index in [-0.39, 0.29) is 24.0 Å². The van der Waals surface area contributed by atoms with Crippen molar-refractivity contribution in [2.24, 2.45) is 10.9 Å². The second-order valence-corrected chi connectivity index (χ2v) is 7.63. The summed E-state index contributed by atoms with van der Waals surface area (Å²) in [6.45, 7) is 10.5. The molecule has 0 saturated heterocycles. The summed E-state index contributed by atoms with van der Waals surface area (Å²) < 4.78 is 24.3. The van der Waals surface area contributed by atoms with Crippen molar-refractivity contribution >= 4 is 40.0 Å². The SMILES string of the molecule is CCNC(=NCCCNS(C)(=O)=O)NC(C)CCC(C)C.I. The summed E-state index contributed by atoms with van der Waals surface area (Å²) in [5.41, 5.74) is 0. The van der Waals surface area contributed by atoms with Crippen LogP contribution in [0.25, 0.3) is 0 Å². The first-order chi connectivity index (χ1) is 9.74. The van der Waals surface area contributed by atoms with Gasteiger partial charge in [0.1, 0.15) is 0 Å². The van der Waals surface area contributed by atoms with E-state index in [2.05, 4.69) is 41.1 Å². The Balaban J connectivity index is 0. The molecule has 0 fully saturated rings. The Kier molecular flexibility index (Phi) is 14.7. The van der Waals surface area contributed by atoms with Gasteiger partial charge in [-0.15, -0.1) is 24.0 Å². The van der Waals surface area contributed by atoms with Crippen LogP contribution in [-0.4, -0.2) is 46.3 Å². The first-order valence-electron chi connectivity index (χ1n) is 7.74. The van der Waals surface area contributed by atoms with E-state index in [4.69, 9.17) is 0 Å². The van der Waals surface area contributed by atoms with E-state index in [1.807, 2.05) is 6.92 Å². The van der Waals surface area contributed by atoms with Crippen LogP contribution in [0.3, 0.4) is 0 Å². The van der Waals surface area contributed by atoms with Gasteiger partial charge >= 0.3 is 0 Å². The van der Waals surface area contributed by atoms with Gasteiger partial charge in [-0.05, 0) is 39.0 Å². The van der Waals surface area contributed by atoms with E-state index >= 15 is 0 Å². The first-order valence-corrected chi connectivity index (χ1v) is 9.63. The number of halogens is 1. The molecule has 0 aliphatic rings. The van der Waals surface area contributed by atoms with E-state index < -0.39 is 10.0 Å². The van der Waals surface area contributed by atoms with Crippen molar-refractivity contribution in [3.8, 4) is 0 Å². The van der Waals surface area contributed by atoms with Crippen LogP contribution >= 0.6 is 24.0 Å². The number of guanidine groups is 1. The molecule has 0 saturated carbocycles. The summed E-state index contributed by atoms with van der Waals surface area (Å²) in [5.74, 6) is 1.50. The molecule has 0 heterocycles. The number of hydrogen-bond donors (Lipinski definition) is 3. The highest BCUT2D eigenvalue weighted by molar-refractivity contribution is 14.0. The minimum atomic E-state index is -3.10. The number of aliphatic imine (C=N–C) groups is 1. The predicted octanol–water partition coefficient (Wildman–Crippen LogP) is 1.92. The zero-order valence-electron chi connectivity index (χ0n) is 14.5. The summed E-state index contributed by atoms with van der Waals surface area (Å²) in [5, 5.41) is 6.59. The Morgan fingerprint density at radius 3 is 2.32 bits per heavy atom. The summed E-state index contributed by atoms with van der Waals surface area (Å²) in [7, 11) is -3.10. The Bertz CT molecular complexity index is 400. The van der Waals surface area contributed by atoms with E-state index in [1.54, 1.807) is 0 Å².